The van der Waals surface area contributed by atoms with Crippen LogP contribution in [0.5, 0.6) is 0 Å². The van der Waals surface area contributed by atoms with Crippen molar-refractivity contribution in [3.63, 3.8) is 0 Å². The van der Waals surface area contributed by atoms with Gasteiger partial charge in [-0.1, -0.05) is 49.4 Å². The molecular formula is C26H37N3O4S. The van der Waals surface area contributed by atoms with Crippen molar-refractivity contribution in [3.8, 4) is 0 Å². The average molecular weight is 488 g/mol. The molecule has 0 fully saturated rings. The smallest absolute Gasteiger partial charge is 0.242 e. The molecule has 0 saturated carbocycles. The van der Waals surface area contributed by atoms with Gasteiger partial charge in [-0.2, -0.15) is 0 Å². The fourth-order valence-corrected chi connectivity index (χ4v) is 5.07. The molecule has 0 spiro atoms. The maximum Gasteiger partial charge on any atom is 0.242 e. The number of anilines is 1. The van der Waals surface area contributed by atoms with Crippen LogP contribution >= 0.6 is 0 Å². The molecule has 0 saturated heterocycles. The third kappa shape index (κ3) is 7.32. The maximum absolute atomic E-state index is 13.3. The molecule has 1 atom stereocenters. The third-order valence-electron chi connectivity index (χ3n) is 6.11. The summed E-state index contributed by atoms with van der Waals surface area (Å²) in [5, 5.41) is 2.66. The molecule has 0 aliphatic carbocycles. The zero-order chi connectivity index (χ0) is 25.3. The van der Waals surface area contributed by atoms with E-state index in [2.05, 4.69) is 5.32 Å². The van der Waals surface area contributed by atoms with E-state index in [9.17, 15) is 18.0 Å². The van der Waals surface area contributed by atoms with Gasteiger partial charge in [-0.25, -0.2) is 8.42 Å². The predicted octanol–water partition coefficient (Wildman–Crippen LogP) is 3.45. The van der Waals surface area contributed by atoms with Crippen LogP contribution in [0.3, 0.4) is 0 Å². The van der Waals surface area contributed by atoms with Crippen molar-refractivity contribution in [2.45, 2.75) is 52.5 Å². The van der Waals surface area contributed by atoms with Crippen molar-refractivity contribution in [1.82, 2.24) is 10.2 Å². The van der Waals surface area contributed by atoms with Crippen molar-refractivity contribution >= 4 is 27.5 Å². The standard InChI is InChI=1S/C26H37N3O4S/c1-6-23(26(31)27-4)28(19-17-22-13-8-7-9-14-22)25(30)16-11-18-29(34(5,32)33)24-15-10-12-20(2)21(24)3/h7-10,12-15,23H,6,11,16-19H2,1-5H3,(H,27,31)/t23-/m0/s1. The molecule has 2 amide bonds. The van der Waals surface area contributed by atoms with Gasteiger partial charge in [0.25, 0.3) is 0 Å². The summed E-state index contributed by atoms with van der Waals surface area (Å²) in [5.74, 6) is -0.349. The highest BCUT2D eigenvalue weighted by Gasteiger charge is 2.28. The van der Waals surface area contributed by atoms with E-state index in [4.69, 9.17) is 0 Å². The second kappa shape index (κ2) is 12.6. The first-order valence-corrected chi connectivity index (χ1v) is 13.5. The second-order valence-corrected chi connectivity index (χ2v) is 10.4. The van der Waals surface area contributed by atoms with E-state index in [1.54, 1.807) is 18.0 Å². The molecule has 7 nitrogen and oxygen atoms in total. The molecule has 0 bridgehead atoms. The molecule has 8 heteroatoms. The first kappa shape index (κ1) is 27.4. The Labute approximate surface area is 204 Å². The summed E-state index contributed by atoms with van der Waals surface area (Å²) < 4.78 is 26.4. The quantitative estimate of drug-likeness (QED) is 0.497. The fourth-order valence-electron chi connectivity index (χ4n) is 4.05. The molecular weight excluding hydrogens is 450 g/mol. The molecule has 186 valence electrons. The number of benzene rings is 2. The topological polar surface area (TPSA) is 86.8 Å². The highest BCUT2D eigenvalue weighted by Crippen LogP contribution is 2.25. The van der Waals surface area contributed by atoms with Gasteiger partial charge in [-0.05, 0) is 55.9 Å². The van der Waals surface area contributed by atoms with Crippen LogP contribution < -0.4 is 9.62 Å². The van der Waals surface area contributed by atoms with Crippen LogP contribution in [-0.4, -0.2) is 57.6 Å². The molecule has 2 aromatic carbocycles. The second-order valence-electron chi connectivity index (χ2n) is 8.52. The third-order valence-corrected chi connectivity index (χ3v) is 7.29. The Morgan fingerprint density at radius 3 is 2.26 bits per heavy atom. The van der Waals surface area contributed by atoms with Crippen molar-refractivity contribution in [1.29, 1.82) is 0 Å². The zero-order valence-corrected chi connectivity index (χ0v) is 21.7. The number of nitrogens with one attached hydrogen (secondary N) is 1. The number of hydrogen-bond donors (Lipinski definition) is 1. The number of hydrogen-bond acceptors (Lipinski definition) is 4. The van der Waals surface area contributed by atoms with Crippen LogP contribution in [0, 0.1) is 13.8 Å². The van der Waals surface area contributed by atoms with E-state index in [0.29, 0.717) is 31.5 Å². The van der Waals surface area contributed by atoms with Gasteiger partial charge in [-0.15, -0.1) is 0 Å². The molecule has 0 aliphatic rings. The lowest BCUT2D eigenvalue weighted by molar-refractivity contribution is -0.140. The number of rotatable bonds is 12. The highest BCUT2D eigenvalue weighted by molar-refractivity contribution is 7.92. The van der Waals surface area contributed by atoms with Gasteiger partial charge >= 0.3 is 0 Å². The Morgan fingerprint density at radius 2 is 1.68 bits per heavy atom. The van der Waals surface area contributed by atoms with Crippen LogP contribution in [0.15, 0.2) is 48.5 Å². The van der Waals surface area contributed by atoms with Crippen LogP contribution in [0.1, 0.15) is 42.9 Å². The Kier molecular flexibility index (Phi) is 10.1. The van der Waals surface area contributed by atoms with E-state index >= 15 is 0 Å². The van der Waals surface area contributed by atoms with Crippen molar-refractivity contribution in [2.24, 2.45) is 0 Å². The lowest BCUT2D eigenvalue weighted by Crippen LogP contribution is -2.49. The predicted molar refractivity (Wildman–Crippen MR) is 137 cm³/mol. The number of carbonyl (C=O) groups excluding carboxylic acids is 2. The van der Waals surface area contributed by atoms with E-state index in [1.165, 1.54) is 10.6 Å². The Balaban J connectivity index is 2.16. The van der Waals surface area contributed by atoms with Gasteiger partial charge in [0.05, 0.1) is 11.9 Å². The number of nitrogens with zero attached hydrogens (tertiary/aromatic N) is 2. The van der Waals surface area contributed by atoms with Crippen LogP contribution in [0.4, 0.5) is 5.69 Å². The van der Waals surface area contributed by atoms with Gasteiger partial charge in [0, 0.05) is 26.6 Å². The summed E-state index contributed by atoms with van der Waals surface area (Å²) in [7, 11) is -1.95. The Morgan fingerprint density at radius 1 is 1.00 bits per heavy atom. The highest BCUT2D eigenvalue weighted by atomic mass is 32.2. The van der Waals surface area contributed by atoms with Crippen molar-refractivity contribution < 1.29 is 18.0 Å². The monoisotopic (exact) mass is 487 g/mol. The summed E-state index contributed by atoms with van der Waals surface area (Å²) in [4.78, 5) is 27.4. The fraction of sp³-hybridized carbons (Fsp3) is 0.462. The normalized spacial score (nSPS) is 12.1. The minimum absolute atomic E-state index is 0.152. The zero-order valence-electron chi connectivity index (χ0n) is 20.9. The van der Waals surface area contributed by atoms with Gasteiger partial charge < -0.3 is 10.2 Å². The van der Waals surface area contributed by atoms with Crippen LogP contribution in [-0.2, 0) is 26.0 Å². The molecule has 2 rings (SSSR count). The molecule has 0 heterocycles. The Hall–Kier alpha value is -2.87. The summed E-state index contributed by atoms with van der Waals surface area (Å²) in [6.07, 6.45) is 2.82. The number of aryl methyl sites for hydroxylation is 1. The number of sulfonamides is 1. The SMILES string of the molecule is CC[C@@H](C(=O)NC)N(CCc1ccccc1)C(=O)CCCN(c1cccc(C)c1C)S(C)(=O)=O. The number of carbonyl (C=O) groups is 2. The average Bonchev–Trinajstić information content (AvgIpc) is 2.81. The molecule has 0 aromatic heterocycles. The summed E-state index contributed by atoms with van der Waals surface area (Å²) in [5.41, 5.74) is 3.62. The van der Waals surface area contributed by atoms with Crippen molar-refractivity contribution in [2.75, 3.05) is 30.7 Å². The maximum atomic E-state index is 13.3. The summed E-state index contributed by atoms with van der Waals surface area (Å²) >= 11 is 0. The molecule has 1 N–H and O–H groups in total. The molecule has 0 unspecified atom stereocenters. The van der Waals surface area contributed by atoms with Crippen LogP contribution in [0.2, 0.25) is 0 Å². The molecule has 0 aliphatic heterocycles. The van der Waals surface area contributed by atoms with E-state index in [-0.39, 0.29) is 24.8 Å². The van der Waals surface area contributed by atoms with E-state index < -0.39 is 16.1 Å². The van der Waals surface area contributed by atoms with E-state index in [0.717, 1.165) is 16.7 Å². The molecule has 2 aromatic rings. The lowest BCUT2D eigenvalue weighted by atomic mass is 10.1. The van der Waals surface area contributed by atoms with Gasteiger partial charge in [-0.3, -0.25) is 13.9 Å². The summed E-state index contributed by atoms with van der Waals surface area (Å²) in [6.45, 7) is 6.33. The first-order valence-electron chi connectivity index (χ1n) is 11.7. The van der Waals surface area contributed by atoms with Gasteiger partial charge in [0.2, 0.25) is 21.8 Å². The Bertz CT molecular complexity index is 1070. The van der Waals surface area contributed by atoms with Gasteiger partial charge in [0.1, 0.15) is 6.04 Å². The molecule has 34 heavy (non-hydrogen) atoms. The number of likely N-dealkylation sites (N-methyl/N-ethyl adjacent to an activating group) is 1. The number of amides is 2. The minimum atomic E-state index is -3.52. The lowest BCUT2D eigenvalue weighted by Gasteiger charge is -2.31. The first-order chi connectivity index (χ1) is 16.1. The largest absolute Gasteiger partial charge is 0.357 e. The van der Waals surface area contributed by atoms with Gasteiger partial charge in [0.15, 0.2) is 0 Å². The minimum Gasteiger partial charge on any atom is -0.357 e. The van der Waals surface area contributed by atoms with Crippen molar-refractivity contribution in [3.05, 3.63) is 65.2 Å². The van der Waals surface area contributed by atoms with E-state index in [1.807, 2.05) is 63.2 Å². The van der Waals surface area contributed by atoms with Crippen LogP contribution in [0.25, 0.3) is 0 Å². The molecule has 0 radical (unpaired) electrons. The summed E-state index contributed by atoms with van der Waals surface area (Å²) in [6, 6.07) is 14.8.